The van der Waals surface area contributed by atoms with Crippen molar-refractivity contribution in [1.82, 2.24) is 19.7 Å². The number of thioether (sulfide) groups is 1. The van der Waals surface area contributed by atoms with Crippen molar-refractivity contribution in [3.8, 4) is 0 Å². The van der Waals surface area contributed by atoms with Crippen molar-refractivity contribution in [2.24, 2.45) is 7.05 Å². The van der Waals surface area contributed by atoms with Crippen molar-refractivity contribution in [3.05, 3.63) is 47.4 Å². The van der Waals surface area contributed by atoms with Crippen LogP contribution in [-0.4, -0.2) is 32.3 Å². The lowest BCUT2D eigenvalue weighted by atomic mass is 10.0. The zero-order chi connectivity index (χ0) is 17.1. The lowest BCUT2D eigenvalue weighted by molar-refractivity contribution is 0.0524. The molecule has 7 heteroatoms. The molecule has 0 saturated heterocycles. The van der Waals surface area contributed by atoms with Gasteiger partial charge in [-0.2, -0.15) is 0 Å². The van der Waals surface area contributed by atoms with Crippen molar-refractivity contribution in [3.63, 3.8) is 0 Å². The Morgan fingerprint density at radius 2 is 2.12 bits per heavy atom. The van der Waals surface area contributed by atoms with Crippen LogP contribution in [0.1, 0.15) is 28.5 Å². The molecule has 0 N–H and O–H groups in total. The molecule has 0 bridgehead atoms. The third kappa shape index (κ3) is 3.12. The molecule has 1 aromatic carbocycles. The number of ether oxygens (including phenoxy) is 1. The first kappa shape index (κ1) is 16.4. The lowest BCUT2D eigenvalue weighted by Gasteiger charge is -2.13. The maximum absolute atomic E-state index is 12.5. The number of nitrogens with zero attached hydrogens (tertiary/aromatic N) is 4. The fourth-order valence-electron chi connectivity index (χ4n) is 2.56. The maximum atomic E-state index is 12.5. The summed E-state index contributed by atoms with van der Waals surface area (Å²) in [5.41, 5.74) is 3.02. The van der Waals surface area contributed by atoms with Gasteiger partial charge in [0, 0.05) is 18.2 Å². The fourth-order valence-corrected chi connectivity index (χ4v) is 3.39. The van der Waals surface area contributed by atoms with Gasteiger partial charge in [0.15, 0.2) is 5.16 Å². The van der Waals surface area contributed by atoms with Gasteiger partial charge in [0.05, 0.1) is 23.4 Å². The minimum absolute atomic E-state index is 0.332. The van der Waals surface area contributed by atoms with E-state index in [0.717, 1.165) is 21.6 Å². The fraction of sp³-hybridized carbons (Fsp3) is 0.294. The molecule has 0 unspecified atom stereocenters. The van der Waals surface area contributed by atoms with Gasteiger partial charge in [-0.15, -0.1) is 10.2 Å². The Morgan fingerprint density at radius 3 is 2.83 bits per heavy atom. The van der Waals surface area contributed by atoms with E-state index in [2.05, 4.69) is 15.2 Å². The molecular weight excluding hydrogens is 324 g/mol. The van der Waals surface area contributed by atoms with Crippen LogP contribution in [0.15, 0.2) is 35.7 Å². The number of para-hydroxylation sites is 1. The maximum Gasteiger partial charge on any atom is 0.340 e. The smallest absolute Gasteiger partial charge is 0.340 e. The van der Waals surface area contributed by atoms with Crippen molar-refractivity contribution in [1.29, 1.82) is 0 Å². The number of carbonyl (C=O) groups is 1. The van der Waals surface area contributed by atoms with Crippen LogP contribution in [0.4, 0.5) is 0 Å². The van der Waals surface area contributed by atoms with E-state index < -0.39 is 0 Å². The number of aryl methyl sites for hydroxylation is 2. The SMILES string of the molecule is CCOC(=O)c1c(CSc2nncn2C)nc2ccccc2c1C. The van der Waals surface area contributed by atoms with E-state index in [-0.39, 0.29) is 5.97 Å². The molecule has 0 radical (unpaired) electrons. The zero-order valence-corrected chi connectivity index (χ0v) is 14.6. The van der Waals surface area contributed by atoms with Gasteiger partial charge < -0.3 is 9.30 Å². The minimum Gasteiger partial charge on any atom is -0.462 e. The lowest BCUT2D eigenvalue weighted by Crippen LogP contribution is -2.12. The molecule has 0 fully saturated rings. The molecule has 0 aliphatic rings. The molecule has 2 heterocycles. The Labute approximate surface area is 144 Å². The molecule has 24 heavy (non-hydrogen) atoms. The van der Waals surface area contributed by atoms with Crippen LogP contribution in [0, 0.1) is 6.92 Å². The minimum atomic E-state index is -0.332. The monoisotopic (exact) mass is 342 g/mol. The summed E-state index contributed by atoms with van der Waals surface area (Å²) in [6.45, 7) is 4.07. The standard InChI is InChI=1S/C17H18N4O2S/c1-4-23-16(22)15-11(2)12-7-5-6-8-13(12)19-14(15)9-24-17-20-18-10-21(17)3/h5-8,10H,4,9H2,1-3H3. The second-order valence-corrected chi connectivity index (χ2v) is 6.25. The van der Waals surface area contributed by atoms with Gasteiger partial charge in [-0.3, -0.25) is 4.98 Å². The van der Waals surface area contributed by atoms with Gasteiger partial charge in [-0.05, 0) is 25.5 Å². The topological polar surface area (TPSA) is 69.9 Å². The summed E-state index contributed by atoms with van der Waals surface area (Å²) in [6, 6.07) is 7.81. The molecule has 3 aromatic rings. The molecule has 3 rings (SSSR count). The van der Waals surface area contributed by atoms with Crippen molar-refractivity contribution < 1.29 is 9.53 Å². The number of hydrogen-bond donors (Lipinski definition) is 0. The summed E-state index contributed by atoms with van der Waals surface area (Å²) in [4.78, 5) is 17.1. The van der Waals surface area contributed by atoms with Gasteiger partial charge in [0.25, 0.3) is 0 Å². The Kier molecular flexibility index (Phi) is 4.80. The van der Waals surface area contributed by atoms with Crippen LogP contribution in [0.5, 0.6) is 0 Å². The van der Waals surface area contributed by atoms with Crippen LogP contribution in [0.2, 0.25) is 0 Å². The molecule has 0 atom stereocenters. The number of pyridine rings is 1. The molecule has 0 aliphatic carbocycles. The Morgan fingerprint density at radius 1 is 1.33 bits per heavy atom. The van der Waals surface area contributed by atoms with E-state index in [1.807, 2.05) is 42.8 Å². The highest BCUT2D eigenvalue weighted by molar-refractivity contribution is 7.98. The highest BCUT2D eigenvalue weighted by atomic mass is 32.2. The average Bonchev–Trinajstić information content (AvgIpc) is 2.98. The van der Waals surface area contributed by atoms with Gasteiger partial charge in [-0.1, -0.05) is 30.0 Å². The highest BCUT2D eigenvalue weighted by Gasteiger charge is 2.20. The van der Waals surface area contributed by atoms with E-state index in [4.69, 9.17) is 4.74 Å². The second-order valence-electron chi connectivity index (χ2n) is 5.31. The van der Waals surface area contributed by atoms with E-state index >= 15 is 0 Å². The first-order chi connectivity index (χ1) is 11.6. The molecule has 0 saturated carbocycles. The average molecular weight is 342 g/mol. The molecule has 6 nitrogen and oxygen atoms in total. The zero-order valence-electron chi connectivity index (χ0n) is 13.8. The van der Waals surface area contributed by atoms with E-state index in [0.29, 0.717) is 23.6 Å². The third-order valence-corrected chi connectivity index (χ3v) is 4.76. The molecule has 2 aromatic heterocycles. The molecule has 0 aliphatic heterocycles. The quantitative estimate of drug-likeness (QED) is 0.524. The normalized spacial score (nSPS) is 11.0. The number of fused-ring (bicyclic) bond motifs is 1. The molecule has 124 valence electrons. The summed E-state index contributed by atoms with van der Waals surface area (Å²) < 4.78 is 7.07. The van der Waals surface area contributed by atoms with Crippen LogP contribution in [-0.2, 0) is 17.5 Å². The van der Waals surface area contributed by atoms with Gasteiger partial charge >= 0.3 is 5.97 Å². The highest BCUT2D eigenvalue weighted by Crippen LogP contribution is 2.28. The van der Waals surface area contributed by atoms with Crippen LogP contribution < -0.4 is 0 Å². The number of hydrogen-bond acceptors (Lipinski definition) is 6. The number of carbonyl (C=O) groups excluding carboxylic acids is 1. The number of aromatic nitrogens is 4. The molecule has 0 spiro atoms. The first-order valence-corrected chi connectivity index (χ1v) is 8.62. The molecule has 0 amide bonds. The predicted molar refractivity (Wildman–Crippen MR) is 93.0 cm³/mol. The summed E-state index contributed by atoms with van der Waals surface area (Å²) in [5.74, 6) is 0.189. The summed E-state index contributed by atoms with van der Waals surface area (Å²) in [5, 5.41) is 9.67. The van der Waals surface area contributed by atoms with Gasteiger partial charge in [-0.25, -0.2) is 4.79 Å². The number of esters is 1. The third-order valence-electron chi connectivity index (χ3n) is 3.71. The summed E-state index contributed by atoms with van der Waals surface area (Å²) >= 11 is 1.49. The van der Waals surface area contributed by atoms with Crippen molar-refractivity contribution in [2.45, 2.75) is 24.8 Å². The largest absolute Gasteiger partial charge is 0.462 e. The van der Waals surface area contributed by atoms with Crippen LogP contribution >= 0.6 is 11.8 Å². The summed E-state index contributed by atoms with van der Waals surface area (Å²) in [7, 11) is 1.88. The number of benzene rings is 1. The Bertz CT molecular complexity index is 891. The first-order valence-electron chi connectivity index (χ1n) is 7.64. The van der Waals surface area contributed by atoms with Crippen LogP contribution in [0.25, 0.3) is 10.9 Å². The van der Waals surface area contributed by atoms with Crippen molar-refractivity contribution >= 4 is 28.6 Å². The van der Waals surface area contributed by atoms with Crippen molar-refractivity contribution in [2.75, 3.05) is 6.61 Å². The Balaban J connectivity index is 2.05. The van der Waals surface area contributed by atoms with E-state index in [1.165, 1.54) is 11.8 Å². The predicted octanol–water partition coefficient (Wildman–Crippen LogP) is 3.14. The Hall–Kier alpha value is -2.41. The molecular formula is C17H18N4O2S. The van der Waals surface area contributed by atoms with Crippen LogP contribution in [0.3, 0.4) is 0 Å². The second kappa shape index (κ2) is 7.00. The summed E-state index contributed by atoms with van der Waals surface area (Å²) in [6.07, 6.45) is 1.65. The van der Waals surface area contributed by atoms with Gasteiger partial charge in [0.1, 0.15) is 6.33 Å². The number of rotatable bonds is 5. The van der Waals surface area contributed by atoms with E-state index in [9.17, 15) is 4.79 Å². The van der Waals surface area contributed by atoms with E-state index in [1.54, 1.807) is 13.3 Å². The van der Waals surface area contributed by atoms with Gasteiger partial charge in [0.2, 0.25) is 0 Å².